The molecule has 29 heavy (non-hydrogen) atoms. The largest absolute Gasteiger partial charge is 0.497 e. The average molecular weight is 412 g/mol. The van der Waals surface area contributed by atoms with Gasteiger partial charge in [0.1, 0.15) is 16.3 Å². The Labute approximate surface area is 173 Å². The number of H-pyrrole nitrogens is 1. The third-order valence-electron chi connectivity index (χ3n) is 6.01. The smallest absolute Gasteiger partial charge is 0.268 e. The van der Waals surface area contributed by atoms with Crippen LogP contribution >= 0.6 is 11.3 Å². The SMILES string of the molecule is COc1ccc(-c2cc3nc(CN4CCOC5CCCCC54)[nH]c(=O)c3s2)cc1. The predicted molar refractivity (Wildman–Crippen MR) is 115 cm³/mol. The van der Waals surface area contributed by atoms with Gasteiger partial charge in [-0.15, -0.1) is 11.3 Å². The summed E-state index contributed by atoms with van der Waals surface area (Å²) in [6.45, 7) is 2.32. The Morgan fingerprint density at radius 1 is 1.28 bits per heavy atom. The summed E-state index contributed by atoms with van der Waals surface area (Å²) >= 11 is 1.48. The molecule has 7 heteroatoms. The Morgan fingerprint density at radius 2 is 2.10 bits per heavy atom. The molecule has 2 atom stereocenters. The number of benzene rings is 1. The summed E-state index contributed by atoms with van der Waals surface area (Å²) in [4.78, 5) is 24.0. The van der Waals surface area contributed by atoms with E-state index in [1.807, 2.05) is 30.3 Å². The number of thiophene rings is 1. The van der Waals surface area contributed by atoms with Crippen molar-refractivity contribution in [2.45, 2.75) is 44.4 Å². The lowest BCUT2D eigenvalue weighted by Gasteiger charge is -2.43. The highest BCUT2D eigenvalue weighted by Gasteiger charge is 2.34. The fourth-order valence-corrected chi connectivity index (χ4v) is 5.52. The van der Waals surface area contributed by atoms with Crippen LogP contribution in [-0.2, 0) is 11.3 Å². The molecule has 0 spiro atoms. The number of aromatic nitrogens is 2. The molecule has 1 saturated heterocycles. The van der Waals surface area contributed by atoms with Crippen LogP contribution in [0, 0.1) is 0 Å². The van der Waals surface area contributed by atoms with Crippen molar-refractivity contribution in [3.05, 3.63) is 46.5 Å². The van der Waals surface area contributed by atoms with Gasteiger partial charge >= 0.3 is 0 Å². The van der Waals surface area contributed by atoms with Crippen LogP contribution in [0.2, 0.25) is 0 Å². The van der Waals surface area contributed by atoms with Crippen LogP contribution in [0.1, 0.15) is 31.5 Å². The van der Waals surface area contributed by atoms with E-state index in [0.29, 0.717) is 23.4 Å². The molecule has 1 aliphatic carbocycles. The zero-order valence-corrected chi connectivity index (χ0v) is 17.3. The Hall–Kier alpha value is -2.22. The van der Waals surface area contributed by atoms with Crippen molar-refractivity contribution in [3.8, 4) is 16.2 Å². The molecule has 1 N–H and O–H groups in total. The van der Waals surface area contributed by atoms with Gasteiger partial charge in [-0.2, -0.15) is 0 Å². The number of nitrogens with zero attached hydrogens (tertiary/aromatic N) is 2. The van der Waals surface area contributed by atoms with Crippen molar-refractivity contribution in [3.63, 3.8) is 0 Å². The van der Waals surface area contributed by atoms with Crippen molar-refractivity contribution >= 4 is 21.6 Å². The molecular weight excluding hydrogens is 386 g/mol. The molecule has 2 aliphatic rings. The van der Waals surface area contributed by atoms with Gasteiger partial charge in [-0.05, 0) is 48.7 Å². The first-order valence-corrected chi connectivity index (χ1v) is 11.1. The molecule has 1 saturated carbocycles. The summed E-state index contributed by atoms with van der Waals surface area (Å²) in [7, 11) is 1.66. The highest BCUT2D eigenvalue weighted by Crippen LogP contribution is 2.32. The number of ether oxygens (including phenoxy) is 2. The van der Waals surface area contributed by atoms with Gasteiger partial charge in [-0.25, -0.2) is 4.98 Å². The second-order valence-electron chi connectivity index (χ2n) is 7.80. The molecule has 0 bridgehead atoms. The zero-order valence-electron chi connectivity index (χ0n) is 16.5. The lowest BCUT2D eigenvalue weighted by molar-refractivity contribution is -0.0917. The van der Waals surface area contributed by atoms with Gasteiger partial charge in [0.05, 0.1) is 31.9 Å². The zero-order chi connectivity index (χ0) is 19.8. The topological polar surface area (TPSA) is 67.5 Å². The summed E-state index contributed by atoms with van der Waals surface area (Å²) in [6.07, 6.45) is 5.13. The van der Waals surface area contributed by atoms with E-state index in [0.717, 1.165) is 53.5 Å². The lowest BCUT2D eigenvalue weighted by Crippen LogP contribution is -2.52. The molecule has 2 unspecified atom stereocenters. The number of fused-ring (bicyclic) bond motifs is 2. The van der Waals surface area contributed by atoms with Gasteiger partial charge in [-0.3, -0.25) is 9.69 Å². The van der Waals surface area contributed by atoms with E-state index < -0.39 is 0 Å². The Kier molecular flexibility index (Phi) is 5.11. The van der Waals surface area contributed by atoms with Crippen LogP contribution in [0.3, 0.4) is 0 Å². The van der Waals surface area contributed by atoms with Gasteiger partial charge < -0.3 is 14.5 Å². The van der Waals surface area contributed by atoms with E-state index in [4.69, 9.17) is 14.5 Å². The molecule has 2 fully saturated rings. The molecule has 5 rings (SSSR count). The summed E-state index contributed by atoms with van der Waals surface area (Å²) in [5, 5.41) is 0. The third-order valence-corrected chi connectivity index (χ3v) is 7.18. The summed E-state index contributed by atoms with van der Waals surface area (Å²) < 4.78 is 11.9. The van der Waals surface area contributed by atoms with Crippen LogP contribution < -0.4 is 10.3 Å². The quantitative estimate of drug-likeness (QED) is 0.707. The number of aromatic amines is 1. The standard InChI is InChI=1S/C22H25N3O3S/c1-27-15-8-6-14(7-9-15)19-12-16-21(29-19)22(26)24-20(23-16)13-25-10-11-28-18-5-3-2-4-17(18)25/h6-9,12,17-18H,2-5,10-11,13H2,1H3,(H,23,24,26). The van der Waals surface area contributed by atoms with Crippen LogP contribution in [0.5, 0.6) is 5.75 Å². The maximum Gasteiger partial charge on any atom is 0.268 e. The van der Waals surface area contributed by atoms with E-state index >= 15 is 0 Å². The Morgan fingerprint density at radius 3 is 2.93 bits per heavy atom. The van der Waals surface area contributed by atoms with E-state index in [-0.39, 0.29) is 5.56 Å². The molecule has 3 aromatic rings. The number of hydrogen-bond donors (Lipinski definition) is 1. The Balaban J connectivity index is 1.42. The Bertz CT molecular complexity index is 1060. The van der Waals surface area contributed by atoms with Crippen molar-refractivity contribution < 1.29 is 9.47 Å². The molecule has 3 heterocycles. The van der Waals surface area contributed by atoms with Crippen molar-refractivity contribution in [2.24, 2.45) is 0 Å². The first-order valence-electron chi connectivity index (χ1n) is 10.2. The van der Waals surface area contributed by atoms with Crippen LogP contribution in [0.15, 0.2) is 35.1 Å². The molecule has 152 valence electrons. The fourth-order valence-electron chi connectivity index (χ4n) is 4.53. The molecule has 6 nitrogen and oxygen atoms in total. The van der Waals surface area contributed by atoms with E-state index in [1.165, 1.54) is 24.2 Å². The van der Waals surface area contributed by atoms with Gasteiger partial charge in [0.2, 0.25) is 0 Å². The van der Waals surface area contributed by atoms with Crippen molar-refractivity contribution in [2.75, 3.05) is 20.3 Å². The minimum Gasteiger partial charge on any atom is -0.497 e. The molecule has 0 radical (unpaired) electrons. The van der Waals surface area contributed by atoms with Gasteiger partial charge in [0.15, 0.2) is 0 Å². The maximum absolute atomic E-state index is 12.7. The number of methoxy groups -OCH3 is 1. The number of nitrogens with one attached hydrogen (secondary N) is 1. The van der Waals surface area contributed by atoms with Crippen molar-refractivity contribution in [1.82, 2.24) is 14.9 Å². The fraction of sp³-hybridized carbons (Fsp3) is 0.455. The average Bonchev–Trinajstić information content (AvgIpc) is 3.19. The van der Waals surface area contributed by atoms with E-state index in [2.05, 4.69) is 9.88 Å². The van der Waals surface area contributed by atoms with Gasteiger partial charge in [0.25, 0.3) is 5.56 Å². The minimum atomic E-state index is -0.0526. The molecule has 1 aromatic carbocycles. The van der Waals surface area contributed by atoms with Crippen LogP contribution in [-0.4, -0.2) is 47.3 Å². The minimum absolute atomic E-state index is 0.0526. The highest BCUT2D eigenvalue weighted by atomic mass is 32.1. The molecule has 1 aliphatic heterocycles. The van der Waals surface area contributed by atoms with Gasteiger partial charge in [0, 0.05) is 17.5 Å². The predicted octanol–water partition coefficient (Wildman–Crippen LogP) is 3.80. The second-order valence-corrected chi connectivity index (χ2v) is 8.85. The van der Waals surface area contributed by atoms with Crippen LogP contribution in [0.4, 0.5) is 0 Å². The summed E-state index contributed by atoms with van der Waals surface area (Å²) in [5.41, 5.74) is 1.78. The molecular formula is C22H25N3O3S. The third kappa shape index (κ3) is 3.70. The monoisotopic (exact) mass is 411 g/mol. The number of hydrogen-bond acceptors (Lipinski definition) is 6. The molecule has 2 aromatic heterocycles. The first-order chi connectivity index (χ1) is 14.2. The van der Waals surface area contributed by atoms with E-state index in [9.17, 15) is 4.79 Å². The van der Waals surface area contributed by atoms with Crippen molar-refractivity contribution in [1.29, 1.82) is 0 Å². The van der Waals surface area contributed by atoms with Crippen LogP contribution in [0.25, 0.3) is 20.7 Å². The van der Waals surface area contributed by atoms with E-state index in [1.54, 1.807) is 7.11 Å². The second kappa shape index (κ2) is 7.89. The number of rotatable bonds is 4. The molecule has 0 amide bonds. The lowest BCUT2D eigenvalue weighted by atomic mass is 9.90. The first kappa shape index (κ1) is 18.8. The number of morpholine rings is 1. The maximum atomic E-state index is 12.7. The summed E-state index contributed by atoms with van der Waals surface area (Å²) in [5.74, 6) is 1.56. The van der Waals surface area contributed by atoms with Gasteiger partial charge in [-0.1, -0.05) is 12.8 Å². The normalized spacial score (nSPS) is 22.5. The highest BCUT2D eigenvalue weighted by molar-refractivity contribution is 7.22. The summed E-state index contributed by atoms with van der Waals surface area (Å²) in [6, 6.07) is 10.3.